The number of amides is 1. The molecule has 5 rings (SSSR count). The lowest BCUT2D eigenvalue weighted by Crippen LogP contribution is -2.43. The highest BCUT2D eigenvalue weighted by Gasteiger charge is 2.39. The van der Waals surface area contributed by atoms with Crippen molar-refractivity contribution in [3.8, 4) is 5.75 Å². The van der Waals surface area contributed by atoms with E-state index in [9.17, 15) is 13.2 Å². The van der Waals surface area contributed by atoms with Crippen molar-refractivity contribution >= 4 is 45.0 Å². The minimum atomic E-state index is -3.47. The minimum absolute atomic E-state index is 0.127. The van der Waals surface area contributed by atoms with Crippen LogP contribution in [0.5, 0.6) is 5.75 Å². The number of carbonyl (C=O) groups is 1. The van der Waals surface area contributed by atoms with E-state index < -0.39 is 16.1 Å². The maximum Gasteiger partial charge on any atom is 0.251 e. The summed E-state index contributed by atoms with van der Waals surface area (Å²) in [6.07, 6.45) is 5.11. The number of methoxy groups -OCH3 is 1. The first-order valence-electron chi connectivity index (χ1n) is 14.2. The Hall–Kier alpha value is -3.45. The zero-order chi connectivity index (χ0) is 30.9. The summed E-state index contributed by atoms with van der Waals surface area (Å²) in [4.78, 5) is 24.4. The highest BCUT2D eigenvalue weighted by atomic mass is 35.5. The molecule has 1 saturated heterocycles. The van der Waals surface area contributed by atoms with Gasteiger partial charge in [-0.3, -0.25) is 4.79 Å². The number of hydrogen-bond donors (Lipinski definition) is 3. The maximum atomic E-state index is 13.1. The molecule has 2 aliphatic rings. The fourth-order valence-corrected chi connectivity index (χ4v) is 6.62. The molecule has 230 valence electrons. The number of aromatic nitrogens is 2. The molecule has 1 aliphatic heterocycles. The Morgan fingerprint density at radius 1 is 1.19 bits per heavy atom. The molecule has 0 spiro atoms. The first kappa shape index (κ1) is 31.0. The van der Waals surface area contributed by atoms with Crippen molar-refractivity contribution in [2.24, 2.45) is 0 Å². The number of piperidine rings is 1. The molecule has 0 unspecified atom stereocenters. The molecule has 43 heavy (non-hydrogen) atoms. The Balaban J connectivity index is 1.36. The van der Waals surface area contributed by atoms with Crippen LogP contribution in [0.15, 0.2) is 42.6 Å². The standard InChI is InChI=1S/C30H38ClN7O4S/c1-18-14-24(26(42-4)16-22(18)29(39)33-20-10-12-37(2)13-11-20)35-30-32-17-23(31)28(36-30)34-25-15-19-8-6-7-9-21(19)27(25)38(3)43(5,40)41/h6-9,14,16-17,20,25,27H,10-13,15H2,1-5H3,(H,33,39)(H2,32,34,35,36)/t25-,27-/m1/s1. The van der Waals surface area contributed by atoms with Gasteiger partial charge in [0, 0.05) is 18.7 Å². The maximum absolute atomic E-state index is 13.1. The number of nitrogens with zero attached hydrogens (tertiary/aromatic N) is 4. The van der Waals surface area contributed by atoms with E-state index in [-0.39, 0.29) is 23.9 Å². The number of hydrogen-bond acceptors (Lipinski definition) is 9. The first-order valence-corrected chi connectivity index (χ1v) is 16.4. The van der Waals surface area contributed by atoms with Crippen molar-refractivity contribution < 1.29 is 17.9 Å². The number of carbonyl (C=O) groups excluding carboxylic acids is 1. The summed E-state index contributed by atoms with van der Waals surface area (Å²) in [5, 5.41) is 10.0. The molecule has 1 fully saturated rings. The van der Waals surface area contributed by atoms with Crippen LogP contribution in [-0.2, 0) is 16.4 Å². The van der Waals surface area contributed by atoms with Crippen LogP contribution in [0.4, 0.5) is 17.5 Å². The lowest BCUT2D eigenvalue weighted by molar-refractivity contribution is 0.0916. The van der Waals surface area contributed by atoms with Gasteiger partial charge in [-0.25, -0.2) is 13.4 Å². The quantitative estimate of drug-likeness (QED) is 0.323. The van der Waals surface area contributed by atoms with Crippen LogP contribution in [0, 0.1) is 6.92 Å². The smallest absolute Gasteiger partial charge is 0.251 e. The number of fused-ring (bicyclic) bond motifs is 1. The summed E-state index contributed by atoms with van der Waals surface area (Å²) in [6, 6.07) is 10.7. The summed E-state index contributed by atoms with van der Waals surface area (Å²) in [5.41, 5.74) is 3.91. The fourth-order valence-electron chi connectivity index (χ4n) is 5.80. The summed E-state index contributed by atoms with van der Waals surface area (Å²) < 4.78 is 32.0. The molecule has 13 heteroatoms. The SMILES string of the molecule is COc1cc(C(=O)NC2CCN(C)CC2)c(C)cc1Nc1ncc(Cl)c(N[C@@H]2Cc3ccccc3[C@H]2N(C)S(C)(=O)=O)n1. The largest absolute Gasteiger partial charge is 0.495 e. The lowest BCUT2D eigenvalue weighted by atomic mass is 10.0. The van der Waals surface area contributed by atoms with Crippen LogP contribution in [0.25, 0.3) is 0 Å². The molecule has 2 atom stereocenters. The lowest BCUT2D eigenvalue weighted by Gasteiger charge is -2.29. The van der Waals surface area contributed by atoms with Crippen molar-refractivity contribution in [3.05, 3.63) is 69.9 Å². The Bertz CT molecular complexity index is 1610. The van der Waals surface area contributed by atoms with Crippen molar-refractivity contribution in [2.45, 2.75) is 44.3 Å². The number of nitrogens with one attached hydrogen (secondary N) is 3. The van der Waals surface area contributed by atoms with E-state index in [1.54, 1.807) is 20.2 Å². The third kappa shape index (κ3) is 6.87. The zero-order valence-corrected chi connectivity index (χ0v) is 26.6. The van der Waals surface area contributed by atoms with Gasteiger partial charge in [-0.2, -0.15) is 9.29 Å². The van der Waals surface area contributed by atoms with E-state index in [1.807, 2.05) is 37.3 Å². The second-order valence-corrected chi connectivity index (χ2v) is 13.8. The zero-order valence-electron chi connectivity index (χ0n) is 25.0. The molecule has 2 aromatic carbocycles. The number of halogens is 1. The van der Waals surface area contributed by atoms with Crippen LogP contribution in [-0.4, -0.2) is 86.1 Å². The van der Waals surface area contributed by atoms with Gasteiger partial charge in [0.25, 0.3) is 5.91 Å². The number of aryl methyl sites for hydroxylation is 1. The molecule has 1 aliphatic carbocycles. The van der Waals surface area contributed by atoms with Gasteiger partial charge in [0.2, 0.25) is 16.0 Å². The Morgan fingerprint density at radius 3 is 2.60 bits per heavy atom. The molecule has 3 N–H and O–H groups in total. The van der Waals surface area contributed by atoms with Crippen LogP contribution in [0.2, 0.25) is 5.02 Å². The molecular weight excluding hydrogens is 590 g/mol. The topological polar surface area (TPSA) is 129 Å². The van der Waals surface area contributed by atoms with Gasteiger partial charge < -0.3 is 25.6 Å². The highest BCUT2D eigenvalue weighted by molar-refractivity contribution is 7.88. The molecule has 0 saturated carbocycles. The summed E-state index contributed by atoms with van der Waals surface area (Å²) in [6.45, 7) is 3.79. The van der Waals surface area contributed by atoms with Gasteiger partial charge in [0.05, 0.1) is 37.3 Å². The molecular formula is C30H38ClN7O4S. The normalized spacial score (nSPS) is 19.2. The summed E-state index contributed by atoms with van der Waals surface area (Å²) in [5.74, 6) is 0.968. The van der Waals surface area contributed by atoms with Gasteiger partial charge >= 0.3 is 0 Å². The monoisotopic (exact) mass is 627 g/mol. The van der Waals surface area contributed by atoms with E-state index in [0.29, 0.717) is 34.3 Å². The molecule has 2 heterocycles. The van der Waals surface area contributed by atoms with Crippen LogP contribution in [0.1, 0.15) is 45.9 Å². The van der Waals surface area contributed by atoms with Gasteiger partial charge in [-0.05, 0) is 75.1 Å². The van der Waals surface area contributed by atoms with E-state index in [4.69, 9.17) is 16.3 Å². The van der Waals surface area contributed by atoms with Crippen LogP contribution >= 0.6 is 11.6 Å². The van der Waals surface area contributed by atoms with Crippen molar-refractivity contribution in [2.75, 3.05) is 51.2 Å². The number of likely N-dealkylation sites (tertiary alicyclic amines) is 1. The predicted molar refractivity (Wildman–Crippen MR) is 169 cm³/mol. The van der Waals surface area contributed by atoms with E-state index in [2.05, 4.69) is 37.9 Å². The van der Waals surface area contributed by atoms with Crippen LogP contribution in [0.3, 0.4) is 0 Å². The third-order valence-corrected chi connectivity index (χ3v) is 9.82. The van der Waals surface area contributed by atoms with Crippen molar-refractivity contribution in [3.63, 3.8) is 0 Å². The fraction of sp³-hybridized carbons (Fsp3) is 0.433. The number of sulfonamides is 1. The third-order valence-electron chi connectivity index (χ3n) is 8.27. The highest BCUT2D eigenvalue weighted by Crippen LogP contribution is 2.39. The Kier molecular flexibility index (Phi) is 9.12. The Labute approximate surface area is 258 Å². The average Bonchev–Trinajstić information content (AvgIpc) is 3.32. The second-order valence-electron chi connectivity index (χ2n) is 11.3. The van der Waals surface area contributed by atoms with E-state index in [0.717, 1.165) is 42.6 Å². The molecule has 1 amide bonds. The molecule has 11 nitrogen and oxygen atoms in total. The molecule has 0 radical (unpaired) electrons. The first-order chi connectivity index (χ1) is 20.4. The van der Waals surface area contributed by atoms with Gasteiger partial charge in [-0.1, -0.05) is 35.9 Å². The van der Waals surface area contributed by atoms with Gasteiger partial charge in [0.1, 0.15) is 10.8 Å². The predicted octanol–water partition coefficient (Wildman–Crippen LogP) is 3.98. The molecule has 1 aromatic heterocycles. The van der Waals surface area contributed by atoms with E-state index >= 15 is 0 Å². The average molecular weight is 628 g/mol. The Morgan fingerprint density at radius 2 is 1.91 bits per heavy atom. The summed E-state index contributed by atoms with van der Waals surface area (Å²) >= 11 is 6.51. The second kappa shape index (κ2) is 12.7. The number of anilines is 3. The van der Waals surface area contributed by atoms with Crippen molar-refractivity contribution in [1.29, 1.82) is 0 Å². The van der Waals surface area contributed by atoms with E-state index in [1.165, 1.54) is 16.8 Å². The van der Waals surface area contributed by atoms with Gasteiger partial charge in [0.15, 0.2) is 5.82 Å². The number of ether oxygens (including phenoxy) is 1. The van der Waals surface area contributed by atoms with Crippen molar-refractivity contribution in [1.82, 2.24) is 24.5 Å². The number of benzene rings is 2. The molecule has 0 bridgehead atoms. The number of rotatable bonds is 9. The minimum Gasteiger partial charge on any atom is -0.495 e. The molecule has 3 aromatic rings. The van der Waals surface area contributed by atoms with Crippen LogP contribution < -0.4 is 20.7 Å². The number of likely N-dealkylation sites (N-methyl/N-ethyl adjacent to an activating group) is 1. The van der Waals surface area contributed by atoms with Gasteiger partial charge in [-0.15, -0.1) is 0 Å². The summed E-state index contributed by atoms with van der Waals surface area (Å²) in [7, 11) is 1.74.